The van der Waals surface area contributed by atoms with Crippen molar-refractivity contribution in [1.82, 2.24) is 14.9 Å². The number of halogens is 1. The molecular formula is C20H28ClN5. The first-order valence-corrected chi connectivity index (χ1v) is 9.31. The monoisotopic (exact) mass is 373 g/mol. The first-order chi connectivity index (χ1) is 12.4. The Balaban J connectivity index is 2.26. The minimum absolute atomic E-state index is 0.577. The fourth-order valence-corrected chi connectivity index (χ4v) is 2.90. The molecule has 2 heterocycles. The average Bonchev–Trinajstić information content (AvgIpc) is 2.83. The summed E-state index contributed by atoms with van der Waals surface area (Å²) in [5.41, 5.74) is 4.20. The molecule has 0 atom stereocenters. The second-order valence-corrected chi connectivity index (χ2v) is 7.01. The van der Waals surface area contributed by atoms with Crippen molar-refractivity contribution in [3.05, 3.63) is 57.8 Å². The molecule has 0 saturated heterocycles. The third-order valence-electron chi connectivity index (χ3n) is 3.87. The van der Waals surface area contributed by atoms with Crippen molar-refractivity contribution in [3.8, 4) is 0 Å². The molecule has 0 amide bonds. The molecule has 2 rings (SSSR count). The van der Waals surface area contributed by atoms with Gasteiger partial charge in [0.2, 0.25) is 5.95 Å². The Morgan fingerprint density at radius 3 is 2.85 bits per heavy atom. The number of rotatable bonds is 7. The lowest BCUT2D eigenvalue weighted by molar-refractivity contribution is 0.356. The number of H-pyrrole nitrogens is 1. The maximum atomic E-state index is 5.63. The molecule has 0 saturated carbocycles. The van der Waals surface area contributed by atoms with Gasteiger partial charge in [-0.05, 0) is 50.0 Å². The summed E-state index contributed by atoms with van der Waals surface area (Å²) in [5, 5.41) is 4.24. The van der Waals surface area contributed by atoms with Crippen LogP contribution in [0.25, 0.3) is 6.08 Å². The summed E-state index contributed by atoms with van der Waals surface area (Å²) in [7, 11) is 2.07. The van der Waals surface area contributed by atoms with Gasteiger partial charge in [-0.25, -0.2) is 4.99 Å². The van der Waals surface area contributed by atoms with E-state index >= 15 is 0 Å². The van der Waals surface area contributed by atoms with Crippen molar-refractivity contribution in [1.29, 1.82) is 0 Å². The van der Waals surface area contributed by atoms with Gasteiger partial charge in [-0.3, -0.25) is 0 Å². The van der Waals surface area contributed by atoms with Gasteiger partial charge < -0.3 is 15.2 Å². The van der Waals surface area contributed by atoms with Crippen LogP contribution < -0.4 is 16.2 Å². The van der Waals surface area contributed by atoms with Crippen LogP contribution in [0.4, 0.5) is 5.95 Å². The standard InChI is InChI=1S/C20H28ClN5/c1-6-16(12-15(4)10-11-21)22-20-23-17-8-7-9-18(24-19(17)25-20)26(5)13-14(2)3/h6,8-12,14H,7,13H2,1-5H3,(H2,22,23,24,25)/b11-10+,15-12-,16-6+. The minimum atomic E-state index is 0.577. The Kier molecular flexibility index (Phi) is 7.27. The number of imidazole rings is 1. The van der Waals surface area contributed by atoms with Crippen molar-refractivity contribution in [2.24, 2.45) is 10.9 Å². The smallest absolute Gasteiger partial charge is 0.207 e. The van der Waals surface area contributed by atoms with E-state index in [1.807, 2.05) is 32.1 Å². The molecule has 0 radical (unpaired) electrons. The van der Waals surface area contributed by atoms with Crippen LogP contribution in [0.2, 0.25) is 0 Å². The molecule has 0 fully saturated rings. The van der Waals surface area contributed by atoms with E-state index in [9.17, 15) is 0 Å². The topological polar surface area (TPSA) is 56.3 Å². The van der Waals surface area contributed by atoms with Gasteiger partial charge in [0.25, 0.3) is 0 Å². The number of nitrogens with zero attached hydrogens (tertiary/aromatic N) is 3. The molecule has 140 valence electrons. The number of anilines is 1. The van der Waals surface area contributed by atoms with Crippen molar-refractivity contribution >= 4 is 23.6 Å². The van der Waals surface area contributed by atoms with Gasteiger partial charge in [-0.1, -0.05) is 37.6 Å². The summed E-state index contributed by atoms with van der Waals surface area (Å²) in [6.45, 7) is 9.33. The number of nitrogens with one attached hydrogen (secondary N) is 2. The zero-order chi connectivity index (χ0) is 19.1. The van der Waals surface area contributed by atoms with Crippen LogP contribution >= 0.6 is 11.6 Å². The number of aromatic nitrogens is 2. The first-order valence-electron chi connectivity index (χ1n) is 8.87. The Morgan fingerprint density at radius 2 is 2.19 bits per heavy atom. The van der Waals surface area contributed by atoms with Crippen LogP contribution in [-0.2, 0) is 0 Å². The number of aromatic amines is 1. The lowest BCUT2D eigenvalue weighted by atomic mass is 10.2. The SMILES string of the molecule is C\C=C(/C=C(C)\C=C\Cl)Nc1nc2c([nH]1)=CCC=C(N(C)CC(C)C)N=2. The predicted molar refractivity (Wildman–Crippen MR) is 110 cm³/mol. The first kappa shape index (κ1) is 20.0. The van der Waals surface area contributed by atoms with E-state index < -0.39 is 0 Å². The van der Waals surface area contributed by atoms with Gasteiger partial charge in [-0.2, -0.15) is 4.98 Å². The van der Waals surface area contributed by atoms with Crippen LogP contribution in [0.1, 0.15) is 34.1 Å². The van der Waals surface area contributed by atoms with Gasteiger partial charge in [0.1, 0.15) is 5.82 Å². The Labute approximate surface area is 160 Å². The van der Waals surface area contributed by atoms with Crippen LogP contribution in [0.15, 0.2) is 51.9 Å². The summed E-state index contributed by atoms with van der Waals surface area (Å²) in [6.07, 6.45) is 10.9. The molecule has 26 heavy (non-hydrogen) atoms. The van der Waals surface area contributed by atoms with E-state index in [1.54, 1.807) is 0 Å². The van der Waals surface area contributed by atoms with E-state index in [1.165, 1.54) is 5.54 Å². The summed E-state index contributed by atoms with van der Waals surface area (Å²) in [4.78, 5) is 14.8. The number of hydrogen-bond donors (Lipinski definition) is 2. The van der Waals surface area contributed by atoms with E-state index in [-0.39, 0.29) is 0 Å². The van der Waals surface area contributed by atoms with Crippen LogP contribution in [-0.4, -0.2) is 28.5 Å². The largest absolute Gasteiger partial charge is 0.360 e. The van der Waals surface area contributed by atoms with E-state index in [0.29, 0.717) is 17.4 Å². The van der Waals surface area contributed by atoms with E-state index in [4.69, 9.17) is 16.6 Å². The molecule has 1 aliphatic rings. The Hall–Kier alpha value is -2.27. The average molecular weight is 374 g/mol. The molecule has 0 unspecified atom stereocenters. The molecule has 2 N–H and O–H groups in total. The fraction of sp³-hybridized carbons (Fsp3) is 0.400. The van der Waals surface area contributed by atoms with Crippen molar-refractivity contribution in [2.75, 3.05) is 18.9 Å². The quantitative estimate of drug-likeness (QED) is 0.717. The number of fused-ring (bicyclic) bond motifs is 1. The van der Waals surface area contributed by atoms with E-state index in [2.05, 4.69) is 53.2 Å². The number of hydrogen-bond acceptors (Lipinski definition) is 4. The molecule has 1 aliphatic heterocycles. The molecule has 0 spiro atoms. The minimum Gasteiger partial charge on any atom is -0.360 e. The van der Waals surface area contributed by atoms with Crippen LogP contribution in [0, 0.1) is 5.92 Å². The molecule has 5 nitrogen and oxygen atoms in total. The van der Waals surface area contributed by atoms with Crippen LogP contribution in [0.3, 0.4) is 0 Å². The predicted octanol–water partition coefficient (Wildman–Crippen LogP) is 3.66. The van der Waals surface area contributed by atoms with Crippen molar-refractivity contribution < 1.29 is 0 Å². The molecular weight excluding hydrogens is 346 g/mol. The van der Waals surface area contributed by atoms with E-state index in [0.717, 1.165) is 35.4 Å². The maximum Gasteiger partial charge on any atom is 0.207 e. The molecule has 1 aromatic heterocycles. The zero-order valence-electron chi connectivity index (χ0n) is 16.2. The van der Waals surface area contributed by atoms with Crippen LogP contribution in [0.5, 0.6) is 0 Å². The van der Waals surface area contributed by atoms with Gasteiger partial charge in [0.05, 0.1) is 5.35 Å². The number of allylic oxidation sites excluding steroid dienone is 5. The normalized spacial score (nSPS) is 15.3. The molecule has 0 bridgehead atoms. The molecule has 6 heteroatoms. The summed E-state index contributed by atoms with van der Waals surface area (Å²) in [6, 6.07) is 0. The van der Waals surface area contributed by atoms with Gasteiger partial charge >= 0.3 is 0 Å². The molecule has 0 aliphatic carbocycles. The third kappa shape index (κ3) is 5.63. The Morgan fingerprint density at radius 1 is 1.42 bits per heavy atom. The van der Waals surface area contributed by atoms with Gasteiger partial charge in [-0.15, -0.1) is 0 Å². The second kappa shape index (κ2) is 9.43. The lowest BCUT2D eigenvalue weighted by Gasteiger charge is -2.21. The third-order valence-corrected chi connectivity index (χ3v) is 3.99. The van der Waals surface area contributed by atoms with Crippen molar-refractivity contribution in [2.45, 2.75) is 34.1 Å². The highest BCUT2D eigenvalue weighted by molar-refractivity contribution is 6.25. The highest BCUT2D eigenvalue weighted by Gasteiger charge is 2.09. The highest BCUT2D eigenvalue weighted by Crippen LogP contribution is 2.10. The van der Waals surface area contributed by atoms with Crippen molar-refractivity contribution in [3.63, 3.8) is 0 Å². The lowest BCUT2D eigenvalue weighted by Crippen LogP contribution is -2.27. The highest BCUT2D eigenvalue weighted by atomic mass is 35.5. The Bertz CT molecular complexity index is 855. The maximum absolute atomic E-state index is 5.63. The summed E-state index contributed by atoms with van der Waals surface area (Å²) < 4.78 is 0. The second-order valence-electron chi connectivity index (χ2n) is 6.76. The summed E-state index contributed by atoms with van der Waals surface area (Å²) >= 11 is 5.63. The fourth-order valence-electron chi connectivity index (χ4n) is 2.70. The molecule has 1 aromatic rings. The van der Waals surface area contributed by atoms with Gasteiger partial charge in [0.15, 0.2) is 5.49 Å². The zero-order valence-corrected chi connectivity index (χ0v) is 16.9. The molecule has 0 aromatic carbocycles. The van der Waals surface area contributed by atoms with Gasteiger partial charge in [0, 0.05) is 24.8 Å². The summed E-state index contributed by atoms with van der Waals surface area (Å²) in [5.74, 6) is 2.21.